The highest BCUT2D eigenvalue weighted by Crippen LogP contribution is 2.24. The number of carboxylic acids is 1. The van der Waals surface area contributed by atoms with Gasteiger partial charge in [0.2, 0.25) is 5.91 Å². The van der Waals surface area contributed by atoms with Gasteiger partial charge in [0.25, 0.3) is 0 Å². The van der Waals surface area contributed by atoms with Gasteiger partial charge in [-0.15, -0.1) is 0 Å². The number of carboxylic acid groups (broad SMARTS) is 1. The van der Waals surface area contributed by atoms with Gasteiger partial charge in [0.1, 0.15) is 11.6 Å². The molecule has 8 heteroatoms. The zero-order valence-corrected chi connectivity index (χ0v) is 18.7. The molecule has 176 valence electrons. The SMILES string of the molecule is N=C(N)c1ccc(OCCC2CCCCN2C(=O)[C@H](CC(=O)O)NC2CCCCC2)cc1. The molecule has 1 aromatic rings. The molecule has 1 unspecified atom stereocenters. The molecular formula is C24H36N4O4. The summed E-state index contributed by atoms with van der Waals surface area (Å²) in [5.41, 5.74) is 6.13. The lowest BCUT2D eigenvalue weighted by Gasteiger charge is -2.39. The van der Waals surface area contributed by atoms with E-state index in [1.54, 1.807) is 24.3 Å². The summed E-state index contributed by atoms with van der Waals surface area (Å²) in [7, 11) is 0. The lowest BCUT2D eigenvalue weighted by atomic mass is 9.93. The second-order valence-electron chi connectivity index (χ2n) is 8.91. The largest absolute Gasteiger partial charge is 0.494 e. The number of hydrogen-bond donors (Lipinski definition) is 4. The minimum atomic E-state index is -0.947. The van der Waals surface area contributed by atoms with Gasteiger partial charge in [0, 0.05) is 30.6 Å². The molecule has 1 saturated carbocycles. The summed E-state index contributed by atoms with van der Waals surface area (Å²) in [6.07, 6.45) is 8.89. The van der Waals surface area contributed by atoms with Gasteiger partial charge in [-0.2, -0.15) is 0 Å². The molecule has 2 atom stereocenters. The molecule has 0 radical (unpaired) electrons. The van der Waals surface area contributed by atoms with Crippen molar-refractivity contribution in [2.24, 2.45) is 5.73 Å². The van der Waals surface area contributed by atoms with E-state index in [4.69, 9.17) is 15.9 Å². The van der Waals surface area contributed by atoms with E-state index in [1.807, 2.05) is 4.90 Å². The molecule has 1 aliphatic heterocycles. The zero-order chi connectivity index (χ0) is 22.9. The van der Waals surface area contributed by atoms with E-state index in [1.165, 1.54) is 6.42 Å². The minimum absolute atomic E-state index is 0.0191. The fraction of sp³-hybridized carbons (Fsp3) is 0.625. The lowest BCUT2D eigenvalue weighted by molar-refractivity contribution is -0.144. The molecule has 0 bridgehead atoms. The average molecular weight is 445 g/mol. The first kappa shape index (κ1) is 24.0. The number of piperidine rings is 1. The summed E-state index contributed by atoms with van der Waals surface area (Å²) in [4.78, 5) is 26.7. The highest BCUT2D eigenvalue weighted by molar-refractivity contribution is 5.94. The van der Waals surface area contributed by atoms with Gasteiger partial charge in [-0.1, -0.05) is 19.3 Å². The van der Waals surface area contributed by atoms with Crippen LogP contribution in [0, 0.1) is 5.41 Å². The maximum absolute atomic E-state index is 13.4. The fourth-order valence-corrected chi connectivity index (χ4v) is 4.78. The predicted octanol–water partition coefficient (Wildman–Crippen LogP) is 2.89. The van der Waals surface area contributed by atoms with Gasteiger partial charge >= 0.3 is 5.97 Å². The Kier molecular flexibility index (Phi) is 8.90. The summed E-state index contributed by atoms with van der Waals surface area (Å²) in [6, 6.07) is 6.69. The molecular weight excluding hydrogens is 408 g/mol. The van der Waals surface area contributed by atoms with E-state index in [0.29, 0.717) is 30.9 Å². The number of benzene rings is 1. The number of amides is 1. The van der Waals surface area contributed by atoms with Crippen LogP contribution in [0.3, 0.4) is 0 Å². The van der Waals surface area contributed by atoms with E-state index < -0.39 is 12.0 Å². The zero-order valence-electron chi connectivity index (χ0n) is 18.7. The van der Waals surface area contributed by atoms with E-state index in [0.717, 1.165) is 44.9 Å². The number of aliphatic carboxylic acids is 1. The standard InChI is InChI=1S/C24H36N4O4/c25-23(26)17-9-11-20(12-10-17)32-15-13-19-8-4-5-14-28(19)24(31)21(16-22(29)30)27-18-6-2-1-3-7-18/h9-12,18-19,21,27H,1-8,13-16H2,(H3,25,26)(H,29,30)/t19?,21-/m0/s1. The molecule has 32 heavy (non-hydrogen) atoms. The third kappa shape index (κ3) is 6.95. The van der Waals surface area contributed by atoms with Crippen molar-refractivity contribution in [3.05, 3.63) is 29.8 Å². The summed E-state index contributed by atoms with van der Waals surface area (Å²) in [5.74, 6) is -0.317. The number of amidine groups is 1. The quantitative estimate of drug-likeness (QED) is 0.324. The number of nitrogen functional groups attached to an aromatic ring is 1. The monoisotopic (exact) mass is 444 g/mol. The molecule has 2 aliphatic rings. The number of likely N-dealkylation sites (tertiary alicyclic amines) is 1. The van der Waals surface area contributed by atoms with Crippen molar-refractivity contribution in [2.45, 2.75) is 82.3 Å². The predicted molar refractivity (Wildman–Crippen MR) is 123 cm³/mol. The third-order valence-corrected chi connectivity index (χ3v) is 6.51. The third-order valence-electron chi connectivity index (χ3n) is 6.51. The van der Waals surface area contributed by atoms with Crippen molar-refractivity contribution in [2.75, 3.05) is 13.2 Å². The highest BCUT2D eigenvalue weighted by Gasteiger charge is 2.34. The lowest BCUT2D eigenvalue weighted by Crippen LogP contribution is -2.55. The number of carbonyl (C=O) groups is 2. The van der Waals surface area contributed by atoms with Gasteiger partial charge in [0.05, 0.1) is 19.1 Å². The molecule has 1 saturated heterocycles. The van der Waals surface area contributed by atoms with Crippen molar-refractivity contribution in [1.82, 2.24) is 10.2 Å². The van der Waals surface area contributed by atoms with Crippen molar-refractivity contribution < 1.29 is 19.4 Å². The van der Waals surface area contributed by atoms with Crippen LogP contribution in [0.4, 0.5) is 0 Å². The molecule has 1 aliphatic carbocycles. The van der Waals surface area contributed by atoms with Gasteiger partial charge in [0.15, 0.2) is 0 Å². The number of rotatable bonds is 10. The van der Waals surface area contributed by atoms with Crippen LogP contribution in [0.5, 0.6) is 5.75 Å². The van der Waals surface area contributed by atoms with Crippen LogP contribution in [0.1, 0.15) is 69.8 Å². The van der Waals surface area contributed by atoms with E-state index >= 15 is 0 Å². The van der Waals surface area contributed by atoms with Crippen LogP contribution in [0.15, 0.2) is 24.3 Å². The molecule has 2 fully saturated rings. The van der Waals surface area contributed by atoms with E-state index in [9.17, 15) is 14.7 Å². The Bertz CT molecular complexity index is 777. The van der Waals surface area contributed by atoms with Crippen LogP contribution < -0.4 is 15.8 Å². The van der Waals surface area contributed by atoms with Crippen LogP contribution in [-0.2, 0) is 9.59 Å². The molecule has 8 nitrogen and oxygen atoms in total. The Hall–Kier alpha value is -2.61. The number of nitrogens with two attached hydrogens (primary N) is 1. The molecule has 3 rings (SSSR count). The van der Waals surface area contributed by atoms with Gasteiger partial charge < -0.3 is 25.8 Å². The summed E-state index contributed by atoms with van der Waals surface area (Å²) >= 11 is 0. The summed E-state index contributed by atoms with van der Waals surface area (Å²) < 4.78 is 5.86. The normalized spacial score (nSPS) is 20.5. The van der Waals surface area contributed by atoms with Crippen LogP contribution in [0.2, 0.25) is 0 Å². The molecule has 1 heterocycles. The highest BCUT2D eigenvalue weighted by atomic mass is 16.5. The second-order valence-corrected chi connectivity index (χ2v) is 8.91. The van der Waals surface area contributed by atoms with Gasteiger partial charge in [-0.25, -0.2) is 0 Å². The first-order valence-corrected chi connectivity index (χ1v) is 11.8. The Balaban J connectivity index is 1.58. The van der Waals surface area contributed by atoms with Crippen molar-refractivity contribution in [3.63, 3.8) is 0 Å². The Morgan fingerprint density at radius 2 is 1.81 bits per heavy atom. The van der Waals surface area contributed by atoms with Crippen molar-refractivity contribution in [3.8, 4) is 5.75 Å². The van der Waals surface area contributed by atoms with Crippen LogP contribution in [0.25, 0.3) is 0 Å². The smallest absolute Gasteiger partial charge is 0.305 e. The molecule has 1 amide bonds. The first-order chi connectivity index (χ1) is 15.4. The van der Waals surface area contributed by atoms with Crippen molar-refractivity contribution >= 4 is 17.7 Å². The molecule has 1 aromatic carbocycles. The second kappa shape index (κ2) is 11.9. The summed E-state index contributed by atoms with van der Waals surface area (Å²) in [6.45, 7) is 1.13. The maximum Gasteiger partial charge on any atom is 0.305 e. The number of ether oxygens (including phenoxy) is 1. The number of carbonyl (C=O) groups excluding carboxylic acids is 1. The van der Waals surface area contributed by atoms with Crippen LogP contribution in [-0.4, -0.2) is 59.0 Å². The summed E-state index contributed by atoms with van der Waals surface area (Å²) in [5, 5.41) is 20.2. The number of nitrogens with zero attached hydrogens (tertiary/aromatic N) is 1. The molecule has 0 aromatic heterocycles. The Morgan fingerprint density at radius 3 is 2.47 bits per heavy atom. The fourth-order valence-electron chi connectivity index (χ4n) is 4.78. The van der Waals surface area contributed by atoms with Crippen molar-refractivity contribution in [1.29, 1.82) is 5.41 Å². The van der Waals surface area contributed by atoms with E-state index in [2.05, 4.69) is 5.32 Å². The maximum atomic E-state index is 13.4. The number of hydrogen-bond acceptors (Lipinski definition) is 5. The van der Waals surface area contributed by atoms with Gasteiger partial charge in [-0.05, 0) is 56.4 Å². The minimum Gasteiger partial charge on any atom is -0.494 e. The average Bonchev–Trinajstić information content (AvgIpc) is 2.79. The first-order valence-electron chi connectivity index (χ1n) is 11.8. The Labute approximate surface area is 190 Å². The van der Waals surface area contributed by atoms with Crippen LogP contribution >= 0.6 is 0 Å². The topological polar surface area (TPSA) is 129 Å². The molecule has 5 N–H and O–H groups in total. The Morgan fingerprint density at radius 1 is 1.12 bits per heavy atom. The van der Waals surface area contributed by atoms with Gasteiger partial charge in [-0.3, -0.25) is 15.0 Å². The van der Waals surface area contributed by atoms with E-state index in [-0.39, 0.29) is 30.2 Å². The molecule has 0 spiro atoms. The number of nitrogens with one attached hydrogen (secondary N) is 2.